The van der Waals surface area contributed by atoms with Crippen LogP contribution >= 0.6 is 0 Å². The highest BCUT2D eigenvalue weighted by Crippen LogP contribution is 2.34. The summed E-state index contributed by atoms with van der Waals surface area (Å²) in [5.41, 5.74) is 0. The lowest BCUT2D eigenvalue weighted by Gasteiger charge is -2.21. The first-order chi connectivity index (χ1) is 10.3. The monoisotopic (exact) mass is 314 g/mol. The van der Waals surface area contributed by atoms with Gasteiger partial charge in [0, 0.05) is 6.92 Å². The van der Waals surface area contributed by atoms with Crippen LogP contribution in [0.3, 0.4) is 0 Å². The third-order valence-electron chi connectivity index (χ3n) is 3.27. The van der Waals surface area contributed by atoms with Crippen molar-refractivity contribution in [3.05, 3.63) is 11.5 Å². The van der Waals surface area contributed by atoms with E-state index >= 15 is 0 Å². The topological polar surface area (TPSA) is 80.3 Å². The normalized spacial score (nSPS) is 27.0. The molecule has 0 aromatic carbocycles. The lowest BCUT2D eigenvalue weighted by Crippen LogP contribution is -2.33. The predicted octanol–water partition coefficient (Wildman–Crippen LogP) is 1.65. The fraction of sp³-hybridized carbons (Fsp3) is 0.733. The zero-order valence-corrected chi connectivity index (χ0v) is 13.3. The molecule has 0 unspecified atom stereocenters. The molecular formula is C15H22O7. The molecule has 2 rings (SSSR count). The minimum Gasteiger partial charge on any atom is -0.490 e. The number of carbonyl (C=O) groups is 2. The Morgan fingerprint density at radius 1 is 1.41 bits per heavy atom. The van der Waals surface area contributed by atoms with Crippen molar-refractivity contribution >= 4 is 11.9 Å². The smallest absolute Gasteiger partial charge is 0.378 e. The van der Waals surface area contributed by atoms with Crippen molar-refractivity contribution in [2.75, 3.05) is 13.2 Å². The van der Waals surface area contributed by atoms with E-state index in [-0.39, 0.29) is 18.1 Å². The zero-order chi connectivity index (χ0) is 16.3. The number of rotatable bonds is 6. The summed E-state index contributed by atoms with van der Waals surface area (Å²) in [6.07, 6.45) is 0.487. The molecule has 2 aliphatic heterocycles. The Morgan fingerprint density at radius 2 is 2.14 bits per heavy atom. The Bertz CT molecular complexity index is 480. The van der Waals surface area contributed by atoms with Crippen molar-refractivity contribution in [1.29, 1.82) is 0 Å². The highest BCUT2D eigenvalue weighted by molar-refractivity contribution is 5.92. The summed E-state index contributed by atoms with van der Waals surface area (Å²) in [7, 11) is 0. The van der Waals surface area contributed by atoms with Crippen LogP contribution in [0.2, 0.25) is 0 Å². The summed E-state index contributed by atoms with van der Waals surface area (Å²) in [6.45, 7) is 7.46. The van der Waals surface area contributed by atoms with Gasteiger partial charge in [-0.2, -0.15) is 0 Å². The van der Waals surface area contributed by atoms with E-state index in [9.17, 15) is 9.59 Å². The van der Waals surface area contributed by atoms with Crippen LogP contribution in [0.5, 0.6) is 0 Å². The summed E-state index contributed by atoms with van der Waals surface area (Å²) in [5, 5.41) is 0. The van der Waals surface area contributed by atoms with Gasteiger partial charge in [-0.05, 0) is 20.3 Å². The zero-order valence-electron chi connectivity index (χ0n) is 13.3. The molecule has 0 saturated carbocycles. The first kappa shape index (κ1) is 16.8. The van der Waals surface area contributed by atoms with Gasteiger partial charge in [0.05, 0.1) is 13.2 Å². The maximum Gasteiger partial charge on any atom is 0.378 e. The molecule has 0 radical (unpaired) electrons. The van der Waals surface area contributed by atoms with Gasteiger partial charge in [0.2, 0.25) is 0 Å². The number of hydrogen-bond acceptors (Lipinski definition) is 7. The number of carbonyl (C=O) groups excluding carboxylic acids is 2. The maximum absolute atomic E-state index is 11.9. The molecule has 2 aliphatic rings. The summed E-state index contributed by atoms with van der Waals surface area (Å²) in [6, 6.07) is 0. The van der Waals surface area contributed by atoms with Crippen molar-refractivity contribution in [1.82, 2.24) is 0 Å². The molecule has 0 N–H and O–H groups in total. The average molecular weight is 314 g/mol. The van der Waals surface area contributed by atoms with Gasteiger partial charge in [-0.25, -0.2) is 4.79 Å². The third-order valence-corrected chi connectivity index (χ3v) is 3.27. The van der Waals surface area contributed by atoms with Crippen LogP contribution in [0.25, 0.3) is 0 Å². The standard InChI is InChI=1S/C15H22O7/c1-5-6-7-18-12-11(10-8-19-15(3,4)22-10)21-14(17)13(12)20-9(2)16/h10-11H,5-8H2,1-4H3/t10-,11+/m0/s1. The van der Waals surface area contributed by atoms with Crippen molar-refractivity contribution < 1.29 is 33.3 Å². The summed E-state index contributed by atoms with van der Waals surface area (Å²) in [5.74, 6) is -2.06. The first-order valence-electron chi connectivity index (χ1n) is 7.42. The van der Waals surface area contributed by atoms with Crippen LogP contribution in [0, 0.1) is 0 Å². The fourth-order valence-electron chi connectivity index (χ4n) is 2.27. The van der Waals surface area contributed by atoms with E-state index in [0.717, 1.165) is 12.8 Å². The number of ether oxygens (including phenoxy) is 5. The van der Waals surface area contributed by atoms with E-state index < -0.39 is 29.9 Å². The molecule has 0 aliphatic carbocycles. The molecular weight excluding hydrogens is 292 g/mol. The second-order valence-corrected chi connectivity index (χ2v) is 5.68. The van der Waals surface area contributed by atoms with Gasteiger partial charge >= 0.3 is 11.9 Å². The van der Waals surface area contributed by atoms with E-state index in [2.05, 4.69) is 0 Å². The van der Waals surface area contributed by atoms with Crippen molar-refractivity contribution in [3.8, 4) is 0 Å². The van der Waals surface area contributed by atoms with E-state index in [1.807, 2.05) is 6.92 Å². The van der Waals surface area contributed by atoms with Crippen molar-refractivity contribution in [3.63, 3.8) is 0 Å². The molecule has 7 nitrogen and oxygen atoms in total. The molecule has 0 aromatic rings. The fourth-order valence-corrected chi connectivity index (χ4v) is 2.27. The van der Waals surface area contributed by atoms with E-state index in [1.54, 1.807) is 13.8 Å². The second kappa shape index (κ2) is 6.66. The Balaban J connectivity index is 2.19. The first-order valence-corrected chi connectivity index (χ1v) is 7.42. The van der Waals surface area contributed by atoms with Crippen LogP contribution in [0.4, 0.5) is 0 Å². The predicted molar refractivity (Wildman–Crippen MR) is 74.4 cm³/mol. The van der Waals surface area contributed by atoms with E-state index in [0.29, 0.717) is 6.61 Å². The molecule has 2 heterocycles. The van der Waals surface area contributed by atoms with Gasteiger partial charge in [0.25, 0.3) is 5.76 Å². The molecule has 0 aromatic heterocycles. The minimum absolute atomic E-state index is 0.193. The van der Waals surface area contributed by atoms with Crippen LogP contribution < -0.4 is 0 Å². The Labute approximate surface area is 129 Å². The molecule has 124 valence electrons. The van der Waals surface area contributed by atoms with Gasteiger partial charge in [0.1, 0.15) is 6.10 Å². The molecule has 1 saturated heterocycles. The van der Waals surface area contributed by atoms with Gasteiger partial charge in [0.15, 0.2) is 17.7 Å². The maximum atomic E-state index is 11.9. The molecule has 0 bridgehead atoms. The lowest BCUT2D eigenvalue weighted by molar-refractivity contribution is -0.164. The number of esters is 2. The third kappa shape index (κ3) is 3.78. The average Bonchev–Trinajstić information content (AvgIpc) is 2.92. The molecule has 1 fully saturated rings. The molecule has 0 spiro atoms. The van der Waals surface area contributed by atoms with E-state index in [4.69, 9.17) is 23.7 Å². The van der Waals surface area contributed by atoms with Crippen LogP contribution in [0.1, 0.15) is 40.5 Å². The lowest BCUT2D eigenvalue weighted by atomic mass is 10.2. The largest absolute Gasteiger partial charge is 0.490 e. The Hall–Kier alpha value is -1.60. The highest BCUT2D eigenvalue weighted by atomic mass is 16.8. The van der Waals surface area contributed by atoms with Crippen molar-refractivity contribution in [2.24, 2.45) is 0 Å². The SMILES string of the molecule is CCCCOC1=C(OC(C)=O)C(=O)O[C@@H]1[C@@H]1COC(C)(C)O1. The van der Waals surface area contributed by atoms with Crippen molar-refractivity contribution in [2.45, 2.75) is 58.5 Å². The number of unbranched alkanes of at least 4 members (excludes halogenated alkanes) is 1. The molecule has 2 atom stereocenters. The molecule has 7 heteroatoms. The van der Waals surface area contributed by atoms with E-state index in [1.165, 1.54) is 6.92 Å². The Morgan fingerprint density at radius 3 is 2.68 bits per heavy atom. The highest BCUT2D eigenvalue weighted by Gasteiger charge is 2.48. The second-order valence-electron chi connectivity index (χ2n) is 5.68. The molecule has 22 heavy (non-hydrogen) atoms. The minimum atomic E-state index is -0.763. The van der Waals surface area contributed by atoms with Gasteiger partial charge < -0.3 is 23.7 Å². The quantitative estimate of drug-likeness (QED) is 0.545. The summed E-state index contributed by atoms with van der Waals surface area (Å²) in [4.78, 5) is 23.1. The van der Waals surface area contributed by atoms with Crippen LogP contribution in [0.15, 0.2) is 11.5 Å². The van der Waals surface area contributed by atoms with Gasteiger partial charge in [-0.1, -0.05) is 13.3 Å². The summed E-state index contributed by atoms with van der Waals surface area (Å²) < 4.78 is 27.1. The Kier molecular flexibility index (Phi) is 5.08. The van der Waals surface area contributed by atoms with Gasteiger partial charge in [-0.15, -0.1) is 0 Å². The molecule has 0 amide bonds. The summed E-state index contributed by atoms with van der Waals surface area (Å²) >= 11 is 0. The van der Waals surface area contributed by atoms with Gasteiger partial charge in [-0.3, -0.25) is 4.79 Å². The number of cyclic esters (lactones) is 1. The van der Waals surface area contributed by atoms with Crippen LogP contribution in [-0.4, -0.2) is 43.1 Å². The number of hydrogen-bond donors (Lipinski definition) is 0. The van der Waals surface area contributed by atoms with Crippen LogP contribution in [-0.2, 0) is 33.3 Å².